The van der Waals surface area contributed by atoms with Gasteiger partial charge in [-0.05, 0) is 11.1 Å². The minimum Gasteiger partial charge on any atom is -0.356 e. The molecule has 6 nitrogen and oxygen atoms in total. The van der Waals surface area contributed by atoms with Crippen molar-refractivity contribution < 1.29 is 19.4 Å². The number of hydrogen-bond donors (Lipinski definition) is 4. The zero-order valence-electron chi connectivity index (χ0n) is 22.8. The van der Waals surface area contributed by atoms with E-state index in [1.807, 2.05) is 36.4 Å². The van der Waals surface area contributed by atoms with Crippen LogP contribution in [0.15, 0.2) is 60.7 Å². The van der Waals surface area contributed by atoms with Crippen LogP contribution in [0.2, 0.25) is 0 Å². The molecule has 2 aromatic carbocycles. The Kier molecular flexibility index (Phi) is 9.47. The van der Waals surface area contributed by atoms with Crippen LogP contribution in [0.5, 0.6) is 0 Å². The van der Waals surface area contributed by atoms with Gasteiger partial charge in [0.1, 0.15) is 0 Å². The third kappa shape index (κ3) is 6.47. The average Bonchev–Trinajstić information content (AvgIpc) is 3.65. The summed E-state index contributed by atoms with van der Waals surface area (Å²) >= 11 is 0. The average molecular weight is 519 g/mol. The van der Waals surface area contributed by atoms with Crippen molar-refractivity contribution in [1.82, 2.24) is 10.6 Å². The maximum atomic E-state index is 13.7. The molecule has 2 amide bonds. The minimum atomic E-state index is -0.247. The Morgan fingerprint density at radius 2 is 0.974 bits per heavy atom. The predicted octanol–water partition coefficient (Wildman–Crippen LogP) is 1.17. The van der Waals surface area contributed by atoms with Gasteiger partial charge in [-0.15, -0.1) is 0 Å². The standard InChI is InChI=1S/C32H44N4O2/c37-31(33-17-11-23-35-19-7-8-20-35)29-27(25-13-3-1-4-14-25)30(28(29)26-15-5-2-6-16-26)32(38)34-18-12-24-36-21-9-10-22-36/h1-6,13-16,27-30H,7-12,17-24H2,(H,33,37)(H,34,38)/p+2. The molecule has 1 saturated carbocycles. The van der Waals surface area contributed by atoms with E-state index in [0.717, 1.165) is 37.1 Å². The number of amides is 2. The van der Waals surface area contributed by atoms with Crippen molar-refractivity contribution in [3.05, 3.63) is 71.8 Å². The molecule has 0 unspecified atom stereocenters. The first-order chi connectivity index (χ1) is 18.7. The fraction of sp³-hybridized carbons (Fsp3) is 0.562. The van der Waals surface area contributed by atoms with Gasteiger partial charge in [0, 0.05) is 63.5 Å². The summed E-state index contributed by atoms with van der Waals surface area (Å²) in [4.78, 5) is 30.7. The van der Waals surface area contributed by atoms with Gasteiger partial charge in [0.25, 0.3) is 0 Å². The van der Waals surface area contributed by atoms with Crippen LogP contribution in [-0.2, 0) is 9.59 Å². The summed E-state index contributed by atoms with van der Waals surface area (Å²) in [7, 11) is 0. The van der Waals surface area contributed by atoms with Crippen molar-refractivity contribution in [2.75, 3.05) is 52.4 Å². The first-order valence-corrected chi connectivity index (χ1v) is 15.0. The molecule has 0 bridgehead atoms. The number of carbonyl (C=O) groups excluding carboxylic acids is 2. The largest absolute Gasteiger partial charge is 0.356 e. The highest BCUT2D eigenvalue weighted by Crippen LogP contribution is 2.57. The molecule has 38 heavy (non-hydrogen) atoms. The number of quaternary nitrogens is 2. The van der Waals surface area contributed by atoms with E-state index in [0.29, 0.717) is 13.1 Å². The summed E-state index contributed by atoms with van der Waals surface area (Å²) in [5, 5.41) is 6.53. The van der Waals surface area contributed by atoms with Gasteiger partial charge >= 0.3 is 0 Å². The molecule has 2 saturated heterocycles. The highest BCUT2D eigenvalue weighted by Gasteiger charge is 2.57. The summed E-state index contributed by atoms with van der Waals surface area (Å²) in [6.45, 7) is 8.71. The Hall–Kier alpha value is -2.70. The molecule has 2 aromatic rings. The second-order valence-corrected chi connectivity index (χ2v) is 11.6. The van der Waals surface area contributed by atoms with E-state index in [-0.39, 0.29) is 35.5 Å². The van der Waals surface area contributed by atoms with E-state index < -0.39 is 0 Å². The van der Waals surface area contributed by atoms with Crippen LogP contribution < -0.4 is 20.4 Å². The summed E-state index contributed by atoms with van der Waals surface area (Å²) in [6, 6.07) is 20.4. The van der Waals surface area contributed by atoms with Crippen LogP contribution in [0.1, 0.15) is 61.5 Å². The van der Waals surface area contributed by atoms with Crippen LogP contribution in [0.25, 0.3) is 0 Å². The second-order valence-electron chi connectivity index (χ2n) is 11.6. The smallest absolute Gasteiger partial charge is 0.224 e. The summed E-state index contributed by atoms with van der Waals surface area (Å²) in [6.07, 6.45) is 7.30. The maximum Gasteiger partial charge on any atom is 0.224 e. The van der Waals surface area contributed by atoms with Crippen molar-refractivity contribution in [2.24, 2.45) is 11.8 Å². The normalized spacial score (nSPS) is 25.7. The van der Waals surface area contributed by atoms with Gasteiger partial charge in [-0.25, -0.2) is 0 Å². The van der Waals surface area contributed by atoms with E-state index in [4.69, 9.17) is 0 Å². The molecule has 0 radical (unpaired) electrons. The molecule has 0 aromatic heterocycles. The molecule has 3 fully saturated rings. The van der Waals surface area contributed by atoms with E-state index >= 15 is 0 Å². The van der Waals surface area contributed by atoms with Crippen molar-refractivity contribution in [3.8, 4) is 0 Å². The molecule has 0 atom stereocenters. The number of likely N-dealkylation sites (tertiary alicyclic amines) is 2. The topological polar surface area (TPSA) is 67.1 Å². The Bertz CT molecular complexity index is 927. The van der Waals surface area contributed by atoms with Gasteiger partial charge in [-0.2, -0.15) is 0 Å². The molecular formula is C32H46N4O2+2. The van der Waals surface area contributed by atoms with Crippen LogP contribution in [0, 0.1) is 11.8 Å². The highest BCUT2D eigenvalue weighted by molar-refractivity contribution is 5.90. The van der Waals surface area contributed by atoms with Gasteiger partial charge in [-0.3, -0.25) is 9.59 Å². The summed E-state index contributed by atoms with van der Waals surface area (Å²) in [5.41, 5.74) is 2.17. The van der Waals surface area contributed by atoms with Crippen molar-refractivity contribution in [3.63, 3.8) is 0 Å². The zero-order valence-corrected chi connectivity index (χ0v) is 22.8. The SMILES string of the molecule is O=C(NCCC[NH+]1CCCC1)C1C(c2ccccc2)C(C(=O)NCCC[NH+]2CCCC2)C1c1ccccc1. The molecule has 2 aliphatic heterocycles. The van der Waals surface area contributed by atoms with E-state index in [1.54, 1.807) is 9.80 Å². The van der Waals surface area contributed by atoms with Crippen molar-refractivity contribution in [1.29, 1.82) is 0 Å². The van der Waals surface area contributed by atoms with Crippen LogP contribution >= 0.6 is 0 Å². The molecule has 3 aliphatic rings. The zero-order chi connectivity index (χ0) is 26.2. The fourth-order valence-electron chi connectivity index (χ4n) is 7.17. The Labute approximate surface area is 228 Å². The number of rotatable bonds is 12. The fourth-order valence-corrected chi connectivity index (χ4v) is 7.17. The molecule has 4 N–H and O–H groups in total. The van der Waals surface area contributed by atoms with Gasteiger partial charge in [0.2, 0.25) is 11.8 Å². The Morgan fingerprint density at radius 3 is 1.34 bits per heavy atom. The molecule has 1 aliphatic carbocycles. The lowest BCUT2D eigenvalue weighted by Crippen LogP contribution is -3.10. The molecule has 5 rings (SSSR count). The lowest BCUT2D eigenvalue weighted by atomic mass is 9.52. The molecular weight excluding hydrogens is 472 g/mol. The molecule has 0 spiro atoms. The van der Waals surface area contributed by atoms with Crippen molar-refractivity contribution in [2.45, 2.75) is 50.4 Å². The Balaban J connectivity index is 1.28. The van der Waals surface area contributed by atoms with Crippen LogP contribution in [-0.4, -0.2) is 64.2 Å². The number of benzene rings is 2. The number of hydrogen-bond acceptors (Lipinski definition) is 2. The van der Waals surface area contributed by atoms with E-state index in [9.17, 15) is 9.59 Å². The first kappa shape index (κ1) is 26.9. The van der Waals surface area contributed by atoms with Gasteiger partial charge in [0.15, 0.2) is 0 Å². The monoisotopic (exact) mass is 518 g/mol. The molecule has 6 heteroatoms. The first-order valence-electron chi connectivity index (χ1n) is 15.0. The lowest BCUT2D eigenvalue weighted by Gasteiger charge is -2.50. The van der Waals surface area contributed by atoms with E-state index in [1.165, 1.54) is 51.9 Å². The summed E-state index contributed by atoms with van der Waals surface area (Å²) in [5.74, 6) is -0.547. The van der Waals surface area contributed by atoms with Crippen LogP contribution in [0.4, 0.5) is 0 Å². The quantitative estimate of drug-likeness (QED) is 0.319. The van der Waals surface area contributed by atoms with Crippen molar-refractivity contribution >= 4 is 11.8 Å². The molecule has 204 valence electrons. The van der Waals surface area contributed by atoms with Gasteiger partial charge in [-0.1, -0.05) is 60.7 Å². The van der Waals surface area contributed by atoms with E-state index in [2.05, 4.69) is 34.9 Å². The number of carbonyl (C=O) groups is 2. The minimum absolute atomic E-state index is 0.0887. The van der Waals surface area contributed by atoms with Crippen LogP contribution in [0.3, 0.4) is 0 Å². The second kappa shape index (κ2) is 13.4. The number of nitrogens with one attached hydrogen (secondary N) is 4. The Morgan fingerprint density at radius 1 is 0.605 bits per heavy atom. The van der Waals surface area contributed by atoms with Gasteiger partial charge < -0.3 is 20.4 Å². The third-order valence-corrected chi connectivity index (χ3v) is 9.16. The highest BCUT2D eigenvalue weighted by atomic mass is 16.2. The summed E-state index contributed by atoms with van der Waals surface area (Å²) < 4.78 is 0. The maximum absolute atomic E-state index is 13.7. The van der Waals surface area contributed by atoms with Gasteiger partial charge in [0.05, 0.1) is 51.1 Å². The lowest BCUT2D eigenvalue weighted by molar-refractivity contribution is -0.887. The molecule has 2 heterocycles. The predicted molar refractivity (Wildman–Crippen MR) is 150 cm³/mol. The third-order valence-electron chi connectivity index (χ3n) is 9.16.